The number of aromatic nitrogens is 1. The number of hydrogen-bond donors (Lipinski definition) is 1. The van der Waals surface area contributed by atoms with Gasteiger partial charge in [0.2, 0.25) is 5.56 Å². The fourth-order valence-corrected chi connectivity index (χ4v) is 0.997. The number of nitrogens with zero attached hydrogens (tertiary/aromatic N) is 1. The van der Waals surface area contributed by atoms with Crippen molar-refractivity contribution in [1.29, 1.82) is 0 Å². The molecular formula is C9H14N2O. The van der Waals surface area contributed by atoms with Crippen LogP contribution >= 0.6 is 0 Å². The minimum Gasteiger partial charge on any atom is -0.329 e. The molecule has 0 fully saturated rings. The Morgan fingerprint density at radius 2 is 2.25 bits per heavy atom. The SMILES string of the molecule is CN(C)CCc1cc[nH]c(=O)c1. The normalized spacial score (nSPS) is 10.6. The van der Waals surface area contributed by atoms with Gasteiger partial charge < -0.3 is 9.88 Å². The van der Waals surface area contributed by atoms with Crippen LogP contribution in [-0.2, 0) is 6.42 Å². The van der Waals surface area contributed by atoms with Crippen LogP contribution in [0.4, 0.5) is 0 Å². The Kier molecular flexibility index (Phi) is 3.05. The van der Waals surface area contributed by atoms with Gasteiger partial charge in [0.05, 0.1) is 0 Å². The predicted molar refractivity (Wildman–Crippen MR) is 49.3 cm³/mol. The van der Waals surface area contributed by atoms with Gasteiger partial charge in [-0.2, -0.15) is 0 Å². The van der Waals surface area contributed by atoms with E-state index in [4.69, 9.17) is 0 Å². The number of nitrogens with one attached hydrogen (secondary N) is 1. The van der Waals surface area contributed by atoms with Crippen molar-refractivity contribution in [1.82, 2.24) is 9.88 Å². The second kappa shape index (κ2) is 4.07. The van der Waals surface area contributed by atoms with Crippen LogP contribution in [0.15, 0.2) is 23.1 Å². The van der Waals surface area contributed by atoms with Crippen LogP contribution in [-0.4, -0.2) is 30.5 Å². The molecule has 0 aliphatic rings. The summed E-state index contributed by atoms with van der Waals surface area (Å²) in [4.78, 5) is 15.6. The maximum Gasteiger partial charge on any atom is 0.248 e. The second-order valence-electron chi connectivity index (χ2n) is 3.11. The van der Waals surface area contributed by atoms with E-state index in [1.54, 1.807) is 12.3 Å². The van der Waals surface area contributed by atoms with Gasteiger partial charge >= 0.3 is 0 Å². The first-order valence-corrected chi connectivity index (χ1v) is 4.01. The lowest BCUT2D eigenvalue weighted by molar-refractivity contribution is 0.413. The van der Waals surface area contributed by atoms with E-state index < -0.39 is 0 Å². The monoisotopic (exact) mass is 166 g/mol. The molecule has 0 radical (unpaired) electrons. The molecule has 1 rings (SSSR count). The molecule has 0 unspecified atom stereocenters. The number of hydrogen-bond acceptors (Lipinski definition) is 2. The number of likely N-dealkylation sites (N-methyl/N-ethyl adjacent to an activating group) is 1. The predicted octanol–water partition coefficient (Wildman–Crippen LogP) is 0.479. The van der Waals surface area contributed by atoms with Gasteiger partial charge in [0.15, 0.2) is 0 Å². The smallest absolute Gasteiger partial charge is 0.248 e. The second-order valence-corrected chi connectivity index (χ2v) is 3.11. The summed E-state index contributed by atoms with van der Waals surface area (Å²) in [7, 11) is 4.04. The van der Waals surface area contributed by atoms with E-state index in [2.05, 4.69) is 9.88 Å². The summed E-state index contributed by atoms with van der Waals surface area (Å²) in [5, 5.41) is 0. The van der Waals surface area contributed by atoms with Crippen LogP contribution in [0.1, 0.15) is 5.56 Å². The maximum atomic E-state index is 10.9. The lowest BCUT2D eigenvalue weighted by atomic mass is 10.2. The molecule has 12 heavy (non-hydrogen) atoms. The summed E-state index contributed by atoms with van der Waals surface area (Å²) >= 11 is 0. The molecule has 66 valence electrons. The first-order chi connectivity index (χ1) is 5.68. The Bertz CT molecular complexity index is 291. The average molecular weight is 166 g/mol. The molecule has 1 N–H and O–H groups in total. The Morgan fingerprint density at radius 1 is 1.50 bits per heavy atom. The summed E-state index contributed by atoms with van der Waals surface area (Å²) in [6, 6.07) is 3.58. The maximum absolute atomic E-state index is 10.9. The minimum atomic E-state index is -0.0220. The molecular weight excluding hydrogens is 152 g/mol. The standard InChI is InChI=1S/C9H14N2O/c1-11(2)6-4-8-3-5-10-9(12)7-8/h3,5,7H,4,6H2,1-2H3,(H,10,12). The van der Waals surface area contributed by atoms with Crippen LogP contribution in [0.25, 0.3) is 0 Å². The van der Waals surface area contributed by atoms with E-state index in [1.165, 1.54) is 0 Å². The highest BCUT2D eigenvalue weighted by molar-refractivity contribution is 5.10. The molecule has 0 bridgehead atoms. The Balaban J connectivity index is 2.58. The first-order valence-electron chi connectivity index (χ1n) is 4.01. The fourth-order valence-electron chi connectivity index (χ4n) is 0.997. The molecule has 1 heterocycles. The van der Waals surface area contributed by atoms with Crippen LogP contribution in [0.5, 0.6) is 0 Å². The molecule has 3 heteroatoms. The summed E-state index contributed by atoms with van der Waals surface area (Å²) in [5.41, 5.74) is 1.07. The van der Waals surface area contributed by atoms with E-state index in [0.717, 1.165) is 18.5 Å². The Labute approximate surface area is 72.0 Å². The topological polar surface area (TPSA) is 36.1 Å². The van der Waals surface area contributed by atoms with Crippen molar-refractivity contribution in [2.24, 2.45) is 0 Å². The molecule has 0 aliphatic heterocycles. The van der Waals surface area contributed by atoms with Gasteiger partial charge in [-0.05, 0) is 32.1 Å². The zero-order valence-electron chi connectivity index (χ0n) is 7.50. The highest BCUT2D eigenvalue weighted by Crippen LogP contribution is 1.94. The molecule has 0 spiro atoms. The van der Waals surface area contributed by atoms with Crippen molar-refractivity contribution in [2.45, 2.75) is 6.42 Å². The quantitative estimate of drug-likeness (QED) is 0.709. The van der Waals surface area contributed by atoms with Crippen molar-refractivity contribution < 1.29 is 0 Å². The third-order valence-corrected chi connectivity index (χ3v) is 1.69. The Morgan fingerprint density at radius 3 is 2.83 bits per heavy atom. The van der Waals surface area contributed by atoms with Crippen molar-refractivity contribution in [3.63, 3.8) is 0 Å². The third kappa shape index (κ3) is 2.88. The van der Waals surface area contributed by atoms with Crippen LogP contribution in [0.2, 0.25) is 0 Å². The highest BCUT2D eigenvalue weighted by atomic mass is 16.1. The summed E-state index contributed by atoms with van der Waals surface area (Å²) in [6.45, 7) is 0.976. The van der Waals surface area contributed by atoms with Gasteiger partial charge in [-0.1, -0.05) is 0 Å². The van der Waals surface area contributed by atoms with Gasteiger partial charge in [-0.25, -0.2) is 0 Å². The van der Waals surface area contributed by atoms with Crippen molar-refractivity contribution in [2.75, 3.05) is 20.6 Å². The highest BCUT2D eigenvalue weighted by Gasteiger charge is 1.94. The van der Waals surface area contributed by atoms with E-state index >= 15 is 0 Å². The van der Waals surface area contributed by atoms with Crippen molar-refractivity contribution in [3.05, 3.63) is 34.2 Å². The minimum absolute atomic E-state index is 0.0220. The van der Waals surface area contributed by atoms with Gasteiger partial charge in [0.25, 0.3) is 0 Å². The molecule has 0 saturated heterocycles. The first kappa shape index (κ1) is 9.00. The number of aromatic amines is 1. The molecule has 0 aromatic carbocycles. The Hall–Kier alpha value is -1.09. The van der Waals surface area contributed by atoms with Gasteiger partial charge in [0.1, 0.15) is 0 Å². The van der Waals surface area contributed by atoms with E-state index in [9.17, 15) is 4.79 Å². The fraction of sp³-hybridized carbons (Fsp3) is 0.444. The lowest BCUT2D eigenvalue weighted by Gasteiger charge is -2.08. The molecule has 0 aliphatic carbocycles. The van der Waals surface area contributed by atoms with Crippen LogP contribution < -0.4 is 5.56 Å². The average Bonchev–Trinajstić information content (AvgIpc) is 2.01. The summed E-state index contributed by atoms with van der Waals surface area (Å²) in [6.07, 6.45) is 2.62. The molecule has 0 saturated carbocycles. The molecule has 0 amide bonds. The van der Waals surface area contributed by atoms with Crippen molar-refractivity contribution in [3.8, 4) is 0 Å². The number of rotatable bonds is 3. The van der Waals surface area contributed by atoms with Crippen molar-refractivity contribution >= 4 is 0 Å². The van der Waals surface area contributed by atoms with E-state index in [-0.39, 0.29) is 5.56 Å². The zero-order valence-corrected chi connectivity index (χ0v) is 7.50. The van der Waals surface area contributed by atoms with Crippen LogP contribution in [0.3, 0.4) is 0 Å². The molecule has 1 aromatic rings. The zero-order chi connectivity index (χ0) is 8.97. The number of H-pyrrole nitrogens is 1. The van der Waals surface area contributed by atoms with Gasteiger partial charge in [-0.15, -0.1) is 0 Å². The lowest BCUT2D eigenvalue weighted by Crippen LogP contribution is -2.16. The van der Waals surface area contributed by atoms with Gasteiger partial charge in [-0.3, -0.25) is 4.79 Å². The van der Waals surface area contributed by atoms with Gasteiger partial charge in [0, 0.05) is 18.8 Å². The number of pyridine rings is 1. The van der Waals surface area contributed by atoms with E-state index in [0.29, 0.717) is 0 Å². The summed E-state index contributed by atoms with van der Waals surface area (Å²) < 4.78 is 0. The largest absolute Gasteiger partial charge is 0.329 e. The van der Waals surface area contributed by atoms with Crippen LogP contribution in [0, 0.1) is 0 Å². The summed E-state index contributed by atoms with van der Waals surface area (Å²) in [5.74, 6) is 0. The molecule has 0 atom stereocenters. The molecule has 3 nitrogen and oxygen atoms in total. The molecule has 1 aromatic heterocycles. The third-order valence-electron chi connectivity index (χ3n) is 1.69. The van der Waals surface area contributed by atoms with E-state index in [1.807, 2.05) is 20.2 Å².